The number of aromatic nitrogens is 1. The van der Waals surface area contributed by atoms with E-state index in [0.29, 0.717) is 5.69 Å². The molecule has 1 aromatic rings. The zero-order valence-corrected chi connectivity index (χ0v) is 11.9. The molecule has 4 nitrogen and oxygen atoms in total. The Kier molecular flexibility index (Phi) is 4.77. The van der Waals surface area contributed by atoms with E-state index in [0.717, 1.165) is 18.8 Å². The maximum Gasteiger partial charge on any atom is 0.270 e. The number of nitrogens with zero attached hydrogens (tertiary/aromatic N) is 2. The molecule has 0 saturated carbocycles. The first-order chi connectivity index (χ1) is 9.16. The van der Waals surface area contributed by atoms with Gasteiger partial charge in [0.1, 0.15) is 5.69 Å². The smallest absolute Gasteiger partial charge is 0.270 e. The van der Waals surface area contributed by atoms with E-state index in [1.807, 2.05) is 26.0 Å². The topological polar surface area (TPSA) is 45.2 Å². The zero-order chi connectivity index (χ0) is 13.7. The van der Waals surface area contributed by atoms with Crippen molar-refractivity contribution in [3.05, 3.63) is 24.0 Å². The van der Waals surface area contributed by atoms with Crippen molar-refractivity contribution in [1.29, 1.82) is 0 Å². The third-order valence-corrected chi connectivity index (χ3v) is 3.37. The van der Waals surface area contributed by atoms with Crippen LogP contribution >= 0.6 is 0 Å². The van der Waals surface area contributed by atoms with Crippen LogP contribution in [0.2, 0.25) is 0 Å². The van der Waals surface area contributed by atoms with Crippen LogP contribution < -0.4 is 10.2 Å². The average molecular weight is 261 g/mol. The molecule has 1 saturated heterocycles. The lowest BCUT2D eigenvalue weighted by atomic mass is 10.2. The number of carbonyl (C=O) groups excluding carboxylic acids is 1. The Morgan fingerprint density at radius 1 is 1.26 bits per heavy atom. The lowest BCUT2D eigenvalue weighted by Crippen LogP contribution is -2.31. The van der Waals surface area contributed by atoms with Gasteiger partial charge >= 0.3 is 0 Å². The number of rotatable bonds is 3. The van der Waals surface area contributed by atoms with E-state index < -0.39 is 0 Å². The van der Waals surface area contributed by atoms with Gasteiger partial charge < -0.3 is 10.2 Å². The molecule has 0 aliphatic carbocycles. The number of hydrogen-bond donors (Lipinski definition) is 1. The van der Waals surface area contributed by atoms with Crippen LogP contribution in [0.25, 0.3) is 0 Å². The minimum Gasteiger partial charge on any atom is -0.371 e. The van der Waals surface area contributed by atoms with Crippen LogP contribution in [0.4, 0.5) is 5.69 Å². The molecule has 0 atom stereocenters. The molecular formula is C15H23N3O. The number of pyridine rings is 1. The van der Waals surface area contributed by atoms with Crippen molar-refractivity contribution in [2.45, 2.75) is 45.6 Å². The van der Waals surface area contributed by atoms with Gasteiger partial charge in [-0.3, -0.25) is 9.78 Å². The summed E-state index contributed by atoms with van der Waals surface area (Å²) in [6.45, 7) is 6.07. The van der Waals surface area contributed by atoms with Gasteiger partial charge in [-0.15, -0.1) is 0 Å². The molecule has 0 unspecified atom stereocenters. The summed E-state index contributed by atoms with van der Waals surface area (Å²) in [5.41, 5.74) is 1.63. The van der Waals surface area contributed by atoms with E-state index in [4.69, 9.17) is 0 Å². The molecule has 0 aromatic carbocycles. The number of hydrogen-bond acceptors (Lipinski definition) is 3. The number of carbonyl (C=O) groups is 1. The van der Waals surface area contributed by atoms with E-state index in [2.05, 4.69) is 15.2 Å². The van der Waals surface area contributed by atoms with Crippen LogP contribution in [-0.4, -0.2) is 30.0 Å². The molecule has 0 radical (unpaired) electrons. The number of anilines is 1. The van der Waals surface area contributed by atoms with Crippen LogP contribution in [0.3, 0.4) is 0 Å². The van der Waals surface area contributed by atoms with Crippen LogP contribution in [0.15, 0.2) is 18.3 Å². The molecule has 0 spiro atoms. The van der Waals surface area contributed by atoms with Crippen LogP contribution in [0, 0.1) is 0 Å². The first-order valence-corrected chi connectivity index (χ1v) is 7.18. The van der Waals surface area contributed by atoms with Crippen molar-refractivity contribution in [3.8, 4) is 0 Å². The van der Waals surface area contributed by atoms with Gasteiger partial charge in [0, 0.05) is 31.0 Å². The lowest BCUT2D eigenvalue weighted by Gasteiger charge is -2.22. The highest BCUT2D eigenvalue weighted by molar-refractivity contribution is 5.93. The standard InChI is InChI=1S/C15H23N3O/c1-12(2)17-15(19)14-11-13(7-8-16-14)18-9-5-3-4-6-10-18/h7-8,11-12H,3-6,9-10H2,1-2H3,(H,17,19). The maximum atomic E-state index is 12.0. The van der Waals surface area contributed by atoms with Gasteiger partial charge in [-0.2, -0.15) is 0 Å². The third kappa shape index (κ3) is 3.94. The summed E-state index contributed by atoms with van der Waals surface area (Å²) in [7, 11) is 0. The quantitative estimate of drug-likeness (QED) is 0.909. The van der Waals surface area contributed by atoms with Crippen molar-refractivity contribution >= 4 is 11.6 Å². The van der Waals surface area contributed by atoms with Crippen LogP contribution in [0.1, 0.15) is 50.0 Å². The molecule has 104 valence electrons. The highest BCUT2D eigenvalue weighted by Gasteiger charge is 2.13. The Balaban J connectivity index is 2.11. The molecule has 1 aliphatic rings. The molecule has 1 amide bonds. The van der Waals surface area contributed by atoms with Crippen molar-refractivity contribution in [2.24, 2.45) is 0 Å². The van der Waals surface area contributed by atoms with E-state index in [1.54, 1.807) is 6.20 Å². The fraction of sp³-hybridized carbons (Fsp3) is 0.600. The molecule has 1 aromatic heterocycles. The largest absolute Gasteiger partial charge is 0.371 e. The predicted molar refractivity (Wildman–Crippen MR) is 77.5 cm³/mol. The molecule has 1 N–H and O–H groups in total. The SMILES string of the molecule is CC(C)NC(=O)c1cc(N2CCCCCC2)ccn1. The van der Waals surface area contributed by atoms with Crippen molar-refractivity contribution in [2.75, 3.05) is 18.0 Å². The summed E-state index contributed by atoms with van der Waals surface area (Å²) in [4.78, 5) is 18.5. The normalized spacial score (nSPS) is 16.3. The van der Waals surface area contributed by atoms with Gasteiger partial charge in [0.15, 0.2) is 0 Å². The molecule has 4 heteroatoms. The Hall–Kier alpha value is -1.58. The fourth-order valence-corrected chi connectivity index (χ4v) is 2.41. The Bertz CT molecular complexity index is 423. The highest BCUT2D eigenvalue weighted by atomic mass is 16.1. The Labute approximate surface area is 115 Å². The third-order valence-electron chi connectivity index (χ3n) is 3.37. The summed E-state index contributed by atoms with van der Waals surface area (Å²) < 4.78 is 0. The van der Waals surface area contributed by atoms with Gasteiger partial charge in [0.25, 0.3) is 5.91 Å². The number of amides is 1. The Morgan fingerprint density at radius 2 is 1.95 bits per heavy atom. The molecule has 0 bridgehead atoms. The molecule has 1 aliphatic heterocycles. The summed E-state index contributed by atoms with van der Waals surface area (Å²) in [6.07, 6.45) is 6.81. The van der Waals surface area contributed by atoms with E-state index in [1.165, 1.54) is 25.7 Å². The van der Waals surface area contributed by atoms with Gasteiger partial charge in [-0.05, 0) is 38.8 Å². The first kappa shape index (κ1) is 13.8. The summed E-state index contributed by atoms with van der Waals surface area (Å²) in [6, 6.07) is 4.04. The monoisotopic (exact) mass is 261 g/mol. The summed E-state index contributed by atoms with van der Waals surface area (Å²) >= 11 is 0. The van der Waals surface area contributed by atoms with Gasteiger partial charge in [-0.25, -0.2) is 0 Å². The minimum atomic E-state index is -0.0910. The molecule has 19 heavy (non-hydrogen) atoms. The second-order valence-electron chi connectivity index (χ2n) is 5.43. The molecule has 2 heterocycles. The van der Waals surface area contributed by atoms with Crippen molar-refractivity contribution in [3.63, 3.8) is 0 Å². The van der Waals surface area contributed by atoms with E-state index >= 15 is 0 Å². The molecule has 2 rings (SSSR count). The second kappa shape index (κ2) is 6.55. The van der Waals surface area contributed by atoms with Gasteiger partial charge in [-0.1, -0.05) is 12.8 Å². The molecule has 1 fully saturated rings. The highest BCUT2D eigenvalue weighted by Crippen LogP contribution is 2.19. The maximum absolute atomic E-state index is 12.0. The van der Waals surface area contributed by atoms with Crippen molar-refractivity contribution in [1.82, 2.24) is 10.3 Å². The first-order valence-electron chi connectivity index (χ1n) is 7.18. The number of nitrogens with one attached hydrogen (secondary N) is 1. The lowest BCUT2D eigenvalue weighted by molar-refractivity contribution is 0.0938. The minimum absolute atomic E-state index is 0.0910. The predicted octanol–water partition coefficient (Wildman–Crippen LogP) is 2.60. The average Bonchev–Trinajstić information content (AvgIpc) is 2.67. The van der Waals surface area contributed by atoms with Crippen LogP contribution in [0.5, 0.6) is 0 Å². The summed E-state index contributed by atoms with van der Waals surface area (Å²) in [5, 5.41) is 2.88. The van der Waals surface area contributed by atoms with Gasteiger partial charge in [0.2, 0.25) is 0 Å². The molecular weight excluding hydrogens is 238 g/mol. The van der Waals surface area contributed by atoms with Crippen LogP contribution in [-0.2, 0) is 0 Å². The van der Waals surface area contributed by atoms with E-state index in [9.17, 15) is 4.79 Å². The fourth-order valence-electron chi connectivity index (χ4n) is 2.41. The van der Waals surface area contributed by atoms with E-state index in [-0.39, 0.29) is 11.9 Å². The Morgan fingerprint density at radius 3 is 2.58 bits per heavy atom. The second-order valence-corrected chi connectivity index (χ2v) is 5.43. The van der Waals surface area contributed by atoms with Gasteiger partial charge in [0.05, 0.1) is 0 Å². The summed E-state index contributed by atoms with van der Waals surface area (Å²) in [5.74, 6) is -0.0910. The van der Waals surface area contributed by atoms with Crippen molar-refractivity contribution < 1.29 is 4.79 Å². The zero-order valence-electron chi connectivity index (χ0n) is 11.9.